The summed E-state index contributed by atoms with van der Waals surface area (Å²) in [5.74, 6) is 0.179. The van der Waals surface area contributed by atoms with Crippen molar-refractivity contribution < 1.29 is 14.3 Å². The molecule has 1 aliphatic rings. The Morgan fingerprint density at radius 2 is 2.14 bits per heavy atom. The summed E-state index contributed by atoms with van der Waals surface area (Å²) in [6.45, 7) is 5.72. The van der Waals surface area contributed by atoms with Gasteiger partial charge in [-0.15, -0.1) is 0 Å². The van der Waals surface area contributed by atoms with Gasteiger partial charge in [0.2, 0.25) is 0 Å². The van der Waals surface area contributed by atoms with Crippen LogP contribution in [-0.2, 0) is 11.3 Å². The lowest BCUT2D eigenvalue weighted by molar-refractivity contribution is 0.0880. The highest BCUT2D eigenvalue weighted by molar-refractivity contribution is 6.33. The highest BCUT2D eigenvalue weighted by atomic mass is 35.5. The van der Waals surface area contributed by atoms with Crippen LogP contribution in [0.25, 0.3) is 0 Å². The van der Waals surface area contributed by atoms with Gasteiger partial charge < -0.3 is 20.5 Å². The van der Waals surface area contributed by atoms with Crippen molar-refractivity contribution in [3.63, 3.8) is 0 Å². The minimum atomic E-state index is -0.250. The highest BCUT2D eigenvalue weighted by Gasteiger charge is 2.23. The van der Waals surface area contributed by atoms with Crippen LogP contribution >= 0.6 is 11.6 Å². The summed E-state index contributed by atoms with van der Waals surface area (Å²) < 4.78 is 11.3. The maximum absolute atomic E-state index is 12.9. The summed E-state index contributed by atoms with van der Waals surface area (Å²) in [5, 5.41) is 3.38. The first-order chi connectivity index (χ1) is 13.6. The predicted octanol–water partition coefficient (Wildman–Crippen LogP) is 2.95. The van der Waals surface area contributed by atoms with Crippen molar-refractivity contribution in [1.82, 2.24) is 10.2 Å². The van der Waals surface area contributed by atoms with E-state index in [2.05, 4.69) is 22.3 Å². The van der Waals surface area contributed by atoms with Gasteiger partial charge in [0.25, 0.3) is 5.91 Å². The number of nitrogens with zero attached hydrogens (tertiary/aromatic N) is 1. The van der Waals surface area contributed by atoms with Gasteiger partial charge in [-0.05, 0) is 18.6 Å². The van der Waals surface area contributed by atoms with E-state index in [0.29, 0.717) is 48.4 Å². The monoisotopic (exact) mass is 403 g/mol. The third-order valence-corrected chi connectivity index (χ3v) is 4.90. The maximum atomic E-state index is 12.9. The Morgan fingerprint density at radius 3 is 2.89 bits per heavy atom. The second kappa shape index (κ2) is 9.78. The van der Waals surface area contributed by atoms with E-state index in [9.17, 15) is 4.79 Å². The number of nitrogen functional groups attached to an aromatic ring is 1. The fraction of sp³-hybridized carbons (Fsp3) is 0.381. The summed E-state index contributed by atoms with van der Waals surface area (Å²) in [4.78, 5) is 15.2. The zero-order valence-corrected chi connectivity index (χ0v) is 16.7. The average molecular weight is 404 g/mol. The molecule has 0 saturated carbocycles. The first-order valence-electron chi connectivity index (χ1n) is 9.43. The number of carbonyl (C=O) groups is 1. The number of nitrogens with two attached hydrogens (primary N) is 1. The molecule has 0 bridgehead atoms. The first kappa shape index (κ1) is 20.5. The van der Waals surface area contributed by atoms with Crippen LogP contribution in [0.3, 0.4) is 0 Å². The maximum Gasteiger partial charge on any atom is 0.255 e. The second-order valence-corrected chi connectivity index (χ2v) is 7.18. The first-order valence-corrected chi connectivity index (χ1v) is 9.81. The SMILES string of the molecule is CCOc1cc(N)c(Cl)cc1C(=O)NC1COCCN(Cc2ccccc2)C1. The summed E-state index contributed by atoms with van der Waals surface area (Å²) in [7, 11) is 0. The summed E-state index contributed by atoms with van der Waals surface area (Å²) in [6, 6.07) is 13.3. The van der Waals surface area contributed by atoms with Crippen LogP contribution < -0.4 is 15.8 Å². The normalized spacial score (nSPS) is 17.7. The molecule has 2 aromatic carbocycles. The molecule has 1 amide bonds. The van der Waals surface area contributed by atoms with E-state index in [0.717, 1.165) is 13.1 Å². The van der Waals surface area contributed by atoms with Gasteiger partial charge in [0.15, 0.2) is 0 Å². The Bertz CT molecular complexity index is 801. The van der Waals surface area contributed by atoms with E-state index in [1.54, 1.807) is 12.1 Å². The molecule has 28 heavy (non-hydrogen) atoms. The number of benzene rings is 2. The van der Waals surface area contributed by atoms with Crippen LogP contribution in [-0.4, -0.2) is 49.8 Å². The van der Waals surface area contributed by atoms with Crippen LogP contribution in [0.1, 0.15) is 22.8 Å². The van der Waals surface area contributed by atoms with E-state index in [-0.39, 0.29) is 11.9 Å². The molecule has 1 fully saturated rings. The predicted molar refractivity (Wildman–Crippen MR) is 111 cm³/mol. The van der Waals surface area contributed by atoms with E-state index < -0.39 is 0 Å². The molecular weight excluding hydrogens is 378 g/mol. The summed E-state index contributed by atoms with van der Waals surface area (Å²) in [6.07, 6.45) is 0. The Labute approximate surface area is 170 Å². The fourth-order valence-electron chi connectivity index (χ4n) is 3.23. The highest BCUT2D eigenvalue weighted by Crippen LogP contribution is 2.29. The molecule has 150 valence electrons. The largest absolute Gasteiger partial charge is 0.493 e. The van der Waals surface area contributed by atoms with Crippen LogP contribution in [0, 0.1) is 0 Å². The molecule has 1 unspecified atom stereocenters. The minimum Gasteiger partial charge on any atom is -0.493 e. The number of rotatable bonds is 6. The third-order valence-electron chi connectivity index (χ3n) is 4.58. The van der Waals surface area contributed by atoms with Crippen LogP contribution in [0.5, 0.6) is 5.75 Å². The summed E-state index contributed by atoms with van der Waals surface area (Å²) in [5.41, 5.74) is 7.84. The van der Waals surface area contributed by atoms with Gasteiger partial charge >= 0.3 is 0 Å². The van der Waals surface area contributed by atoms with Gasteiger partial charge in [0.1, 0.15) is 5.75 Å². The molecule has 3 rings (SSSR count). The van der Waals surface area contributed by atoms with Gasteiger partial charge in [-0.25, -0.2) is 0 Å². The molecule has 0 aromatic heterocycles. The topological polar surface area (TPSA) is 76.8 Å². The molecule has 1 atom stereocenters. The Hall–Kier alpha value is -2.28. The van der Waals surface area contributed by atoms with E-state index in [1.165, 1.54) is 5.56 Å². The second-order valence-electron chi connectivity index (χ2n) is 6.77. The molecular formula is C21H26ClN3O3. The third kappa shape index (κ3) is 5.38. The average Bonchev–Trinajstić information content (AvgIpc) is 2.90. The Balaban J connectivity index is 1.69. The smallest absolute Gasteiger partial charge is 0.255 e. The van der Waals surface area contributed by atoms with Gasteiger partial charge in [0, 0.05) is 25.7 Å². The number of halogens is 1. The van der Waals surface area contributed by atoms with E-state index in [1.807, 2.05) is 25.1 Å². The van der Waals surface area contributed by atoms with Gasteiger partial charge in [-0.1, -0.05) is 41.9 Å². The van der Waals surface area contributed by atoms with Crippen molar-refractivity contribution in [2.45, 2.75) is 19.5 Å². The molecule has 1 saturated heterocycles. The van der Waals surface area contributed by atoms with Crippen LogP contribution in [0.4, 0.5) is 5.69 Å². The zero-order valence-electron chi connectivity index (χ0n) is 16.0. The Morgan fingerprint density at radius 1 is 1.36 bits per heavy atom. The van der Waals surface area contributed by atoms with Crippen molar-refractivity contribution in [1.29, 1.82) is 0 Å². The molecule has 1 aliphatic heterocycles. The number of nitrogens with one attached hydrogen (secondary N) is 1. The summed E-state index contributed by atoms with van der Waals surface area (Å²) >= 11 is 6.12. The van der Waals surface area contributed by atoms with Crippen molar-refractivity contribution in [2.24, 2.45) is 0 Å². The van der Waals surface area contributed by atoms with Gasteiger partial charge in [0.05, 0.1) is 42.1 Å². The number of carbonyl (C=O) groups excluding carboxylic acids is 1. The molecule has 2 aromatic rings. The lowest BCUT2D eigenvalue weighted by Gasteiger charge is -2.24. The number of ether oxygens (including phenoxy) is 2. The molecule has 3 N–H and O–H groups in total. The molecule has 1 heterocycles. The minimum absolute atomic E-state index is 0.135. The quantitative estimate of drug-likeness (QED) is 0.725. The molecule has 6 nitrogen and oxygen atoms in total. The number of hydrogen-bond acceptors (Lipinski definition) is 5. The van der Waals surface area contributed by atoms with Crippen LogP contribution in [0.15, 0.2) is 42.5 Å². The number of amides is 1. The molecule has 0 aliphatic carbocycles. The lowest BCUT2D eigenvalue weighted by Crippen LogP contribution is -2.44. The number of anilines is 1. The van der Waals surface area contributed by atoms with Gasteiger partial charge in [-0.2, -0.15) is 0 Å². The number of hydrogen-bond donors (Lipinski definition) is 2. The van der Waals surface area contributed by atoms with Crippen molar-refractivity contribution in [3.05, 3.63) is 58.6 Å². The van der Waals surface area contributed by atoms with Crippen molar-refractivity contribution in [3.8, 4) is 5.75 Å². The Kier molecular flexibility index (Phi) is 7.14. The zero-order chi connectivity index (χ0) is 19.9. The van der Waals surface area contributed by atoms with E-state index in [4.69, 9.17) is 26.8 Å². The van der Waals surface area contributed by atoms with Crippen molar-refractivity contribution >= 4 is 23.2 Å². The van der Waals surface area contributed by atoms with Crippen molar-refractivity contribution in [2.75, 3.05) is 38.6 Å². The molecule has 0 radical (unpaired) electrons. The molecule has 0 spiro atoms. The van der Waals surface area contributed by atoms with Gasteiger partial charge in [-0.3, -0.25) is 9.69 Å². The molecule has 7 heteroatoms. The fourth-order valence-corrected chi connectivity index (χ4v) is 3.40. The standard InChI is InChI=1S/C21H26ClN3O3/c1-2-28-20-11-19(23)18(22)10-17(20)21(26)24-16-13-25(8-9-27-14-16)12-15-6-4-3-5-7-15/h3-7,10-11,16H,2,8-9,12-14,23H2,1H3,(H,24,26). The lowest BCUT2D eigenvalue weighted by atomic mass is 10.1. The van der Waals surface area contributed by atoms with Crippen LogP contribution in [0.2, 0.25) is 5.02 Å². The van der Waals surface area contributed by atoms with E-state index >= 15 is 0 Å².